The van der Waals surface area contributed by atoms with Gasteiger partial charge in [-0.3, -0.25) is 9.69 Å². The van der Waals surface area contributed by atoms with Gasteiger partial charge in [0, 0.05) is 38.0 Å². The van der Waals surface area contributed by atoms with Crippen molar-refractivity contribution in [3.05, 3.63) is 59.0 Å². The third kappa shape index (κ3) is 3.39. The Morgan fingerprint density at radius 3 is 2.96 bits per heavy atom. The van der Waals surface area contributed by atoms with Gasteiger partial charge < -0.3 is 4.52 Å². The first-order valence-electron chi connectivity index (χ1n) is 10.2. The molecular weight excluding hydrogens is 336 g/mol. The average molecular weight is 362 g/mol. The molecular formula is C23H26N2O2. The first-order valence-corrected chi connectivity index (χ1v) is 10.2. The summed E-state index contributed by atoms with van der Waals surface area (Å²) in [6.45, 7) is 5.30. The Bertz CT molecular complexity index is 893. The van der Waals surface area contributed by atoms with Gasteiger partial charge in [0.25, 0.3) is 0 Å². The number of carbonyl (C=O) groups excluding carboxylic acids is 1. The molecule has 0 unspecified atom stereocenters. The highest BCUT2D eigenvalue weighted by atomic mass is 16.5. The van der Waals surface area contributed by atoms with E-state index >= 15 is 0 Å². The predicted octanol–water partition coefficient (Wildman–Crippen LogP) is 4.33. The molecule has 140 valence electrons. The minimum atomic E-state index is 0.134. The van der Waals surface area contributed by atoms with Gasteiger partial charge >= 0.3 is 0 Å². The molecule has 1 aromatic heterocycles. The second-order valence-electron chi connectivity index (χ2n) is 8.54. The zero-order valence-electron chi connectivity index (χ0n) is 15.9. The number of Topliss-reactive ketones (excluding diaryl/α,β-unsaturated/α-hetero) is 1. The summed E-state index contributed by atoms with van der Waals surface area (Å²) in [5, 5.41) is 4.02. The number of ketones is 1. The van der Waals surface area contributed by atoms with Crippen LogP contribution in [0.5, 0.6) is 0 Å². The number of fused-ring (bicyclic) bond motifs is 1. The van der Waals surface area contributed by atoms with Crippen molar-refractivity contribution in [2.45, 2.75) is 38.5 Å². The van der Waals surface area contributed by atoms with Crippen molar-refractivity contribution in [2.24, 2.45) is 11.8 Å². The van der Waals surface area contributed by atoms with E-state index in [0.717, 1.165) is 44.7 Å². The van der Waals surface area contributed by atoms with Crippen LogP contribution in [0.1, 0.15) is 59.5 Å². The van der Waals surface area contributed by atoms with Crippen LogP contribution in [0.3, 0.4) is 0 Å². The Morgan fingerprint density at radius 1 is 1.26 bits per heavy atom. The smallest absolute Gasteiger partial charge is 0.185 e. The third-order valence-corrected chi connectivity index (χ3v) is 6.41. The fraction of sp³-hybridized carbons (Fsp3) is 0.478. The van der Waals surface area contributed by atoms with Gasteiger partial charge in [-0.05, 0) is 47.8 Å². The topological polar surface area (TPSA) is 46.3 Å². The summed E-state index contributed by atoms with van der Waals surface area (Å²) in [5.74, 6) is 2.46. The molecule has 1 saturated heterocycles. The van der Waals surface area contributed by atoms with E-state index in [-0.39, 0.29) is 5.78 Å². The van der Waals surface area contributed by atoms with Gasteiger partial charge in [-0.25, -0.2) is 0 Å². The lowest BCUT2D eigenvalue weighted by atomic mass is 9.92. The Balaban J connectivity index is 1.20. The molecule has 1 aromatic carbocycles. The summed E-state index contributed by atoms with van der Waals surface area (Å²) in [6.07, 6.45) is 6.31. The normalized spacial score (nSPS) is 24.9. The van der Waals surface area contributed by atoms with Gasteiger partial charge in [0.15, 0.2) is 5.78 Å². The summed E-state index contributed by atoms with van der Waals surface area (Å²) in [4.78, 5) is 15.2. The number of hydrogen-bond donors (Lipinski definition) is 0. The molecule has 0 bridgehead atoms. The number of likely N-dealkylation sites (tertiary alicyclic amines) is 1. The van der Waals surface area contributed by atoms with E-state index in [2.05, 4.69) is 47.3 Å². The number of rotatable bonds is 6. The lowest BCUT2D eigenvalue weighted by molar-refractivity contribution is 0.0946. The van der Waals surface area contributed by atoms with E-state index in [0.29, 0.717) is 29.9 Å². The fourth-order valence-electron chi connectivity index (χ4n) is 4.61. The first-order chi connectivity index (χ1) is 13.2. The standard InChI is InChI=1S/C23H26N2O2/c1-15-12-25(13-18-9-6-16-4-2-3-5-20(16)18)14-19(15)10-22(26)21-11-23(27-24-21)17-7-8-17/h2-5,9,11,15,17,19H,6-8,10,12-14H2,1H3/t15-,19-/m1/s1. The van der Waals surface area contributed by atoms with Crippen LogP contribution >= 0.6 is 0 Å². The van der Waals surface area contributed by atoms with Gasteiger partial charge in [0.05, 0.1) is 0 Å². The molecule has 2 atom stereocenters. The second-order valence-corrected chi connectivity index (χ2v) is 8.54. The first kappa shape index (κ1) is 16.9. The highest BCUT2D eigenvalue weighted by Gasteiger charge is 2.34. The number of benzene rings is 1. The van der Waals surface area contributed by atoms with Crippen molar-refractivity contribution in [2.75, 3.05) is 19.6 Å². The lowest BCUT2D eigenvalue weighted by Crippen LogP contribution is -2.23. The molecule has 2 aliphatic carbocycles. The molecule has 0 amide bonds. The van der Waals surface area contributed by atoms with Crippen molar-refractivity contribution in [3.63, 3.8) is 0 Å². The van der Waals surface area contributed by atoms with Crippen LogP contribution in [0.4, 0.5) is 0 Å². The van der Waals surface area contributed by atoms with Crippen LogP contribution in [0.15, 0.2) is 40.9 Å². The van der Waals surface area contributed by atoms with Crippen LogP contribution in [-0.4, -0.2) is 35.5 Å². The Kier molecular flexibility index (Phi) is 4.24. The van der Waals surface area contributed by atoms with E-state index in [1.807, 2.05) is 6.07 Å². The van der Waals surface area contributed by atoms with Gasteiger partial charge in [-0.2, -0.15) is 0 Å². The molecule has 0 radical (unpaired) electrons. The molecule has 5 rings (SSSR count). The third-order valence-electron chi connectivity index (χ3n) is 6.41. The SMILES string of the molecule is C[C@@H]1CN(CC2=CCc3ccccc32)C[C@H]1CC(=O)c1cc(C2CC2)on1. The highest BCUT2D eigenvalue weighted by Crippen LogP contribution is 2.40. The summed E-state index contributed by atoms with van der Waals surface area (Å²) in [6, 6.07) is 10.6. The summed E-state index contributed by atoms with van der Waals surface area (Å²) < 4.78 is 5.36. The van der Waals surface area contributed by atoms with Crippen LogP contribution in [0.25, 0.3) is 5.57 Å². The molecule has 2 fully saturated rings. The zero-order valence-corrected chi connectivity index (χ0v) is 15.9. The number of hydrogen-bond acceptors (Lipinski definition) is 4. The average Bonchev–Trinajstić information content (AvgIpc) is 3.11. The van der Waals surface area contributed by atoms with Gasteiger partial charge in [-0.15, -0.1) is 0 Å². The largest absolute Gasteiger partial charge is 0.360 e. The Hall–Kier alpha value is -2.20. The van der Waals surface area contributed by atoms with Crippen LogP contribution in [0.2, 0.25) is 0 Å². The highest BCUT2D eigenvalue weighted by molar-refractivity contribution is 5.94. The maximum absolute atomic E-state index is 12.7. The van der Waals surface area contributed by atoms with E-state index < -0.39 is 0 Å². The van der Waals surface area contributed by atoms with Crippen molar-refractivity contribution in [1.29, 1.82) is 0 Å². The molecule has 4 nitrogen and oxygen atoms in total. The number of carbonyl (C=O) groups is 1. The van der Waals surface area contributed by atoms with Gasteiger partial charge in [-0.1, -0.05) is 42.4 Å². The summed E-state index contributed by atoms with van der Waals surface area (Å²) in [5.41, 5.74) is 4.80. The van der Waals surface area contributed by atoms with Crippen molar-refractivity contribution in [1.82, 2.24) is 10.1 Å². The van der Waals surface area contributed by atoms with Crippen LogP contribution in [0, 0.1) is 11.8 Å². The van der Waals surface area contributed by atoms with Crippen molar-refractivity contribution >= 4 is 11.4 Å². The number of aromatic nitrogens is 1. The molecule has 0 N–H and O–H groups in total. The van der Waals surface area contributed by atoms with Crippen LogP contribution in [-0.2, 0) is 6.42 Å². The molecule has 27 heavy (non-hydrogen) atoms. The lowest BCUT2D eigenvalue weighted by Gasteiger charge is -2.17. The van der Waals surface area contributed by atoms with Gasteiger partial charge in [0.1, 0.15) is 11.5 Å². The Labute approximate surface area is 160 Å². The van der Waals surface area contributed by atoms with Gasteiger partial charge in [0.2, 0.25) is 0 Å². The molecule has 4 heteroatoms. The minimum absolute atomic E-state index is 0.134. The monoisotopic (exact) mass is 362 g/mol. The predicted molar refractivity (Wildman–Crippen MR) is 105 cm³/mol. The number of allylic oxidation sites excluding steroid dienone is 1. The maximum Gasteiger partial charge on any atom is 0.185 e. The quantitative estimate of drug-likeness (QED) is 0.718. The van der Waals surface area contributed by atoms with E-state index in [1.165, 1.54) is 16.7 Å². The van der Waals surface area contributed by atoms with Crippen molar-refractivity contribution in [3.8, 4) is 0 Å². The minimum Gasteiger partial charge on any atom is -0.360 e. The van der Waals surface area contributed by atoms with Crippen molar-refractivity contribution < 1.29 is 9.32 Å². The van der Waals surface area contributed by atoms with E-state index in [4.69, 9.17) is 4.52 Å². The molecule has 2 heterocycles. The molecule has 3 aliphatic rings. The summed E-state index contributed by atoms with van der Waals surface area (Å²) in [7, 11) is 0. The second kappa shape index (κ2) is 6.75. The molecule has 0 spiro atoms. The number of nitrogens with zero attached hydrogens (tertiary/aromatic N) is 2. The molecule has 1 saturated carbocycles. The summed E-state index contributed by atoms with van der Waals surface area (Å²) >= 11 is 0. The Morgan fingerprint density at radius 2 is 2.11 bits per heavy atom. The van der Waals surface area contributed by atoms with E-state index in [9.17, 15) is 4.79 Å². The van der Waals surface area contributed by atoms with E-state index in [1.54, 1.807) is 0 Å². The fourth-order valence-corrected chi connectivity index (χ4v) is 4.61. The molecule has 1 aliphatic heterocycles. The van der Waals surface area contributed by atoms with Crippen LogP contribution < -0.4 is 0 Å². The molecule has 2 aromatic rings. The zero-order chi connectivity index (χ0) is 18.4. The maximum atomic E-state index is 12.7.